The summed E-state index contributed by atoms with van der Waals surface area (Å²) in [6.07, 6.45) is 0. The van der Waals surface area contributed by atoms with Gasteiger partial charge in [-0.1, -0.05) is 44.0 Å². The van der Waals surface area contributed by atoms with E-state index in [0.29, 0.717) is 6.61 Å². The summed E-state index contributed by atoms with van der Waals surface area (Å²) >= 11 is 13.7. The number of aryl methyl sites for hydroxylation is 1. The lowest BCUT2D eigenvalue weighted by Gasteiger charge is -2.16. The maximum Gasteiger partial charge on any atom is 0.120 e. The van der Waals surface area contributed by atoms with Crippen molar-refractivity contribution >= 4 is 43.5 Å². The van der Waals surface area contributed by atoms with E-state index in [-0.39, 0.29) is 5.38 Å². The lowest BCUT2D eigenvalue weighted by molar-refractivity contribution is 0.340. The monoisotopic (exact) mass is 416 g/mol. The SMILES string of the molecule is CCOc1ccc(C(Cl)c2cc(Br)ccc2C)c(Br)c1. The van der Waals surface area contributed by atoms with Gasteiger partial charge in [-0.25, -0.2) is 0 Å². The Balaban J connectivity index is 2.38. The number of rotatable bonds is 4. The van der Waals surface area contributed by atoms with Crippen molar-refractivity contribution in [2.75, 3.05) is 6.61 Å². The second kappa shape index (κ2) is 6.97. The van der Waals surface area contributed by atoms with Crippen molar-refractivity contribution in [3.63, 3.8) is 0 Å². The molecule has 0 heterocycles. The predicted octanol–water partition coefficient (Wildman–Crippen LogP) is 6.25. The molecule has 20 heavy (non-hydrogen) atoms. The van der Waals surface area contributed by atoms with Gasteiger partial charge in [0, 0.05) is 8.95 Å². The van der Waals surface area contributed by atoms with Gasteiger partial charge >= 0.3 is 0 Å². The molecule has 2 aromatic carbocycles. The van der Waals surface area contributed by atoms with Crippen LogP contribution in [0.25, 0.3) is 0 Å². The van der Waals surface area contributed by atoms with Crippen LogP contribution < -0.4 is 4.74 Å². The largest absolute Gasteiger partial charge is 0.494 e. The third kappa shape index (κ3) is 3.57. The fourth-order valence-electron chi connectivity index (χ4n) is 2.02. The van der Waals surface area contributed by atoms with Gasteiger partial charge in [0.1, 0.15) is 5.75 Å². The van der Waals surface area contributed by atoms with Gasteiger partial charge in [0.2, 0.25) is 0 Å². The van der Waals surface area contributed by atoms with Crippen LogP contribution in [0.5, 0.6) is 5.75 Å². The van der Waals surface area contributed by atoms with Crippen LogP contribution >= 0.6 is 43.5 Å². The summed E-state index contributed by atoms with van der Waals surface area (Å²) in [4.78, 5) is 0. The summed E-state index contributed by atoms with van der Waals surface area (Å²) in [6.45, 7) is 4.69. The highest BCUT2D eigenvalue weighted by Gasteiger charge is 2.17. The molecule has 0 spiro atoms. The number of hydrogen-bond acceptors (Lipinski definition) is 1. The van der Waals surface area contributed by atoms with Crippen molar-refractivity contribution in [2.45, 2.75) is 19.2 Å². The third-order valence-electron chi connectivity index (χ3n) is 3.07. The summed E-state index contributed by atoms with van der Waals surface area (Å²) < 4.78 is 7.48. The molecule has 4 heteroatoms. The third-order valence-corrected chi connectivity index (χ3v) is 4.72. The van der Waals surface area contributed by atoms with E-state index in [2.05, 4.69) is 50.9 Å². The molecule has 2 rings (SSSR count). The minimum absolute atomic E-state index is 0.197. The molecule has 0 aliphatic heterocycles. The second-order valence-electron chi connectivity index (χ2n) is 4.48. The number of ether oxygens (including phenoxy) is 1. The van der Waals surface area contributed by atoms with Gasteiger partial charge in [-0.3, -0.25) is 0 Å². The zero-order valence-corrected chi connectivity index (χ0v) is 15.2. The topological polar surface area (TPSA) is 9.23 Å². The van der Waals surface area contributed by atoms with Crippen molar-refractivity contribution in [1.29, 1.82) is 0 Å². The average molecular weight is 419 g/mol. The van der Waals surface area contributed by atoms with E-state index in [1.54, 1.807) is 0 Å². The molecule has 0 aromatic heterocycles. The molecule has 0 fully saturated rings. The van der Waals surface area contributed by atoms with Crippen LogP contribution in [0.3, 0.4) is 0 Å². The zero-order valence-electron chi connectivity index (χ0n) is 11.3. The lowest BCUT2D eigenvalue weighted by Crippen LogP contribution is -1.99. The number of halogens is 3. The van der Waals surface area contributed by atoms with E-state index in [0.717, 1.165) is 25.8 Å². The van der Waals surface area contributed by atoms with E-state index in [1.807, 2.05) is 31.2 Å². The van der Waals surface area contributed by atoms with Crippen molar-refractivity contribution in [3.8, 4) is 5.75 Å². The van der Waals surface area contributed by atoms with Crippen LogP contribution in [0, 0.1) is 6.92 Å². The quantitative estimate of drug-likeness (QED) is 0.534. The number of hydrogen-bond donors (Lipinski definition) is 0. The molecule has 106 valence electrons. The summed E-state index contributed by atoms with van der Waals surface area (Å²) in [6, 6.07) is 12.1. The molecular formula is C16H15Br2ClO. The van der Waals surface area contributed by atoms with Gasteiger partial charge < -0.3 is 4.74 Å². The molecule has 0 amide bonds. The molecule has 2 aromatic rings. The lowest BCUT2D eigenvalue weighted by atomic mass is 10.00. The molecule has 0 N–H and O–H groups in total. The first-order valence-electron chi connectivity index (χ1n) is 6.35. The number of benzene rings is 2. The Morgan fingerprint density at radius 2 is 1.85 bits per heavy atom. The van der Waals surface area contributed by atoms with Crippen molar-refractivity contribution in [1.82, 2.24) is 0 Å². The first-order valence-corrected chi connectivity index (χ1v) is 8.37. The van der Waals surface area contributed by atoms with Crippen molar-refractivity contribution in [3.05, 3.63) is 62.0 Å². The van der Waals surface area contributed by atoms with E-state index in [1.165, 1.54) is 5.56 Å². The Morgan fingerprint density at radius 1 is 1.10 bits per heavy atom. The normalized spacial score (nSPS) is 12.2. The van der Waals surface area contributed by atoms with Crippen molar-refractivity contribution in [2.24, 2.45) is 0 Å². The van der Waals surface area contributed by atoms with Gasteiger partial charge in [-0.05, 0) is 54.8 Å². The second-order valence-corrected chi connectivity index (χ2v) is 6.69. The molecule has 0 aliphatic carbocycles. The minimum atomic E-state index is -0.197. The summed E-state index contributed by atoms with van der Waals surface area (Å²) in [5.74, 6) is 0.845. The number of alkyl halides is 1. The van der Waals surface area contributed by atoms with Crippen LogP contribution in [0.2, 0.25) is 0 Å². The molecule has 1 atom stereocenters. The first-order chi connectivity index (χ1) is 9.52. The molecule has 1 unspecified atom stereocenters. The fraction of sp³-hybridized carbons (Fsp3) is 0.250. The summed E-state index contributed by atoms with van der Waals surface area (Å²) in [7, 11) is 0. The van der Waals surface area contributed by atoms with E-state index in [9.17, 15) is 0 Å². The Morgan fingerprint density at radius 3 is 2.50 bits per heavy atom. The maximum atomic E-state index is 6.65. The highest BCUT2D eigenvalue weighted by molar-refractivity contribution is 9.10. The summed E-state index contributed by atoms with van der Waals surface area (Å²) in [5.41, 5.74) is 3.32. The molecule has 0 bridgehead atoms. The van der Waals surface area contributed by atoms with E-state index >= 15 is 0 Å². The highest BCUT2D eigenvalue weighted by atomic mass is 79.9. The zero-order chi connectivity index (χ0) is 14.7. The first kappa shape index (κ1) is 15.9. The maximum absolute atomic E-state index is 6.65. The average Bonchev–Trinajstić information content (AvgIpc) is 2.41. The van der Waals surface area contributed by atoms with Crippen molar-refractivity contribution < 1.29 is 4.74 Å². The molecule has 0 radical (unpaired) electrons. The fourth-order valence-corrected chi connectivity index (χ4v) is 3.54. The van der Waals surface area contributed by atoms with E-state index in [4.69, 9.17) is 16.3 Å². The Bertz CT molecular complexity index is 613. The van der Waals surface area contributed by atoms with Gasteiger partial charge in [0.15, 0.2) is 0 Å². The van der Waals surface area contributed by atoms with Crippen LogP contribution in [-0.2, 0) is 0 Å². The molecule has 0 aliphatic rings. The smallest absolute Gasteiger partial charge is 0.120 e. The molecule has 0 saturated heterocycles. The molecule has 0 saturated carbocycles. The van der Waals surface area contributed by atoms with Crippen LogP contribution in [0.1, 0.15) is 29.0 Å². The predicted molar refractivity (Wildman–Crippen MR) is 91.9 cm³/mol. The van der Waals surface area contributed by atoms with Crippen LogP contribution in [-0.4, -0.2) is 6.61 Å². The van der Waals surface area contributed by atoms with Crippen LogP contribution in [0.4, 0.5) is 0 Å². The molecule has 1 nitrogen and oxygen atoms in total. The van der Waals surface area contributed by atoms with Crippen LogP contribution in [0.15, 0.2) is 45.3 Å². The standard InChI is InChI=1S/C16H15Br2ClO/c1-3-20-12-6-7-13(15(18)9-12)16(19)14-8-11(17)5-4-10(14)2/h4-9,16H,3H2,1-2H3. The molecular weight excluding hydrogens is 403 g/mol. The Labute approximate surface area is 141 Å². The van der Waals surface area contributed by atoms with Gasteiger partial charge in [-0.2, -0.15) is 0 Å². The Hall–Kier alpha value is -0.510. The van der Waals surface area contributed by atoms with E-state index < -0.39 is 0 Å². The minimum Gasteiger partial charge on any atom is -0.494 e. The summed E-state index contributed by atoms with van der Waals surface area (Å²) in [5, 5.41) is -0.197. The van der Waals surface area contributed by atoms with Gasteiger partial charge in [-0.15, -0.1) is 11.6 Å². The Kier molecular flexibility index (Phi) is 5.53. The van der Waals surface area contributed by atoms with Gasteiger partial charge in [0.25, 0.3) is 0 Å². The van der Waals surface area contributed by atoms with Gasteiger partial charge in [0.05, 0.1) is 12.0 Å². The highest BCUT2D eigenvalue weighted by Crippen LogP contribution is 2.37.